The van der Waals surface area contributed by atoms with E-state index in [0.29, 0.717) is 23.0 Å². The van der Waals surface area contributed by atoms with Gasteiger partial charge in [-0.05, 0) is 6.07 Å². The van der Waals surface area contributed by atoms with Crippen LogP contribution in [0.2, 0.25) is 0 Å². The predicted octanol–water partition coefficient (Wildman–Crippen LogP) is 2.12. The molecule has 1 aromatic heterocycles. The fraction of sp³-hybridized carbons (Fsp3) is 0.143. The van der Waals surface area contributed by atoms with Gasteiger partial charge < -0.3 is 25.6 Å². The first-order chi connectivity index (χ1) is 10.0. The first-order valence-corrected chi connectivity index (χ1v) is 6.02. The molecule has 0 amide bonds. The van der Waals surface area contributed by atoms with Crippen LogP contribution in [-0.4, -0.2) is 30.3 Å². The number of carbonyl (C=O) groups is 1. The van der Waals surface area contributed by atoms with Crippen molar-refractivity contribution in [2.75, 3.05) is 25.3 Å². The van der Waals surface area contributed by atoms with Gasteiger partial charge in [-0.2, -0.15) is 0 Å². The fourth-order valence-corrected chi connectivity index (χ4v) is 1.75. The standard InChI is InChI=1S/C14H15N3O4/c1-20-9-3-8(4-10(5-9)21-2)17-13-6-11(14(18)19)12(15)7-16-13/h3-7H,15H2,1-2H3,(H,16,17)(H,18,19). The van der Waals surface area contributed by atoms with Gasteiger partial charge in [-0.15, -0.1) is 0 Å². The van der Waals surface area contributed by atoms with Gasteiger partial charge >= 0.3 is 5.97 Å². The summed E-state index contributed by atoms with van der Waals surface area (Å²) in [5, 5.41) is 12.0. The Morgan fingerprint density at radius 3 is 2.33 bits per heavy atom. The molecule has 2 aromatic rings. The number of ether oxygens (including phenoxy) is 2. The number of aromatic carboxylic acids is 1. The number of carboxylic acid groups (broad SMARTS) is 1. The summed E-state index contributed by atoms with van der Waals surface area (Å²) in [7, 11) is 3.09. The minimum absolute atomic E-state index is 0.0117. The lowest BCUT2D eigenvalue weighted by Crippen LogP contribution is -2.05. The maximum absolute atomic E-state index is 11.1. The van der Waals surface area contributed by atoms with E-state index in [9.17, 15) is 4.79 Å². The van der Waals surface area contributed by atoms with Gasteiger partial charge in [-0.25, -0.2) is 9.78 Å². The maximum atomic E-state index is 11.1. The third kappa shape index (κ3) is 3.33. The molecule has 0 fully saturated rings. The molecular weight excluding hydrogens is 274 g/mol. The van der Waals surface area contributed by atoms with Gasteiger partial charge in [0.15, 0.2) is 0 Å². The van der Waals surface area contributed by atoms with Crippen LogP contribution < -0.4 is 20.5 Å². The molecule has 1 heterocycles. The molecule has 2 rings (SSSR count). The van der Waals surface area contributed by atoms with E-state index in [2.05, 4.69) is 10.3 Å². The monoisotopic (exact) mass is 289 g/mol. The van der Waals surface area contributed by atoms with Crippen LogP contribution in [-0.2, 0) is 0 Å². The molecule has 0 saturated heterocycles. The SMILES string of the molecule is COc1cc(Nc2cc(C(=O)O)c(N)cn2)cc(OC)c1. The van der Waals surface area contributed by atoms with Crippen LogP contribution >= 0.6 is 0 Å². The van der Waals surface area contributed by atoms with Gasteiger partial charge in [0, 0.05) is 23.9 Å². The number of aromatic nitrogens is 1. The van der Waals surface area contributed by atoms with E-state index in [-0.39, 0.29) is 11.3 Å². The van der Waals surface area contributed by atoms with Gasteiger partial charge in [0.1, 0.15) is 17.3 Å². The lowest BCUT2D eigenvalue weighted by Gasteiger charge is -2.11. The molecule has 4 N–H and O–H groups in total. The molecule has 21 heavy (non-hydrogen) atoms. The highest BCUT2D eigenvalue weighted by Crippen LogP contribution is 2.28. The number of benzene rings is 1. The van der Waals surface area contributed by atoms with Gasteiger partial charge in [0.25, 0.3) is 0 Å². The Hall–Kier alpha value is -2.96. The van der Waals surface area contributed by atoms with Gasteiger partial charge in [-0.3, -0.25) is 0 Å². The normalized spacial score (nSPS) is 10.0. The molecule has 0 atom stereocenters. The van der Waals surface area contributed by atoms with E-state index in [4.69, 9.17) is 20.3 Å². The van der Waals surface area contributed by atoms with E-state index >= 15 is 0 Å². The van der Waals surface area contributed by atoms with Crippen molar-refractivity contribution in [3.63, 3.8) is 0 Å². The number of nitrogens with one attached hydrogen (secondary N) is 1. The van der Waals surface area contributed by atoms with Gasteiger partial charge in [0.05, 0.1) is 31.7 Å². The molecule has 0 radical (unpaired) electrons. The summed E-state index contributed by atoms with van der Waals surface area (Å²) >= 11 is 0. The molecule has 110 valence electrons. The summed E-state index contributed by atoms with van der Waals surface area (Å²) in [5.74, 6) is 0.453. The number of nitrogen functional groups attached to an aromatic ring is 1. The van der Waals surface area contributed by atoms with Crippen LogP contribution in [0.15, 0.2) is 30.5 Å². The molecule has 0 bridgehead atoms. The van der Waals surface area contributed by atoms with Crippen LogP contribution in [0.4, 0.5) is 17.2 Å². The van der Waals surface area contributed by atoms with Crippen molar-refractivity contribution < 1.29 is 19.4 Å². The highest BCUT2D eigenvalue weighted by Gasteiger charge is 2.10. The summed E-state index contributed by atoms with van der Waals surface area (Å²) in [6.07, 6.45) is 1.29. The van der Waals surface area contributed by atoms with E-state index in [0.717, 1.165) is 0 Å². The van der Waals surface area contributed by atoms with Crippen LogP contribution in [0.5, 0.6) is 11.5 Å². The van der Waals surface area contributed by atoms with Crippen LogP contribution in [0.3, 0.4) is 0 Å². The Bertz CT molecular complexity index is 651. The highest BCUT2D eigenvalue weighted by molar-refractivity contribution is 5.94. The first-order valence-electron chi connectivity index (χ1n) is 6.02. The molecule has 0 spiro atoms. The minimum atomic E-state index is -1.11. The van der Waals surface area contributed by atoms with Crippen molar-refractivity contribution in [1.29, 1.82) is 0 Å². The summed E-state index contributed by atoms with van der Waals surface area (Å²) in [4.78, 5) is 15.1. The zero-order valence-corrected chi connectivity index (χ0v) is 11.6. The molecule has 0 saturated carbocycles. The fourth-order valence-electron chi connectivity index (χ4n) is 1.75. The maximum Gasteiger partial charge on any atom is 0.337 e. The van der Waals surface area contributed by atoms with E-state index in [1.165, 1.54) is 12.3 Å². The average Bonchev–Trinajstić information content (AvgIpc) is 2.48. The Morgan fingerprint density at radius 2 is 1.81 bits per heavy atom. The Morgan fingerprint density at radius 1 is 1.19 bits per heavy atom. The largest absolute Gasteiger partial charge is 0.497 e. The lowest BCUT2D eigenvalue weighted by atomic mass is 10.2. The summed E-state index contributed by atoms with van der Waals surface area (Å²) < 4.78 is 10.3. The van der Waals surface area contributed by atoms with Gasteiger partial charge in [-0.1, -0.05) is 0 Å². The van der Waals surface area contributed by atoms with Crippen molar-refractivity contribution in [1.82, 2.24) is 4.98 Å². The molecule has 0 unspecified atom stereocenters. The number of rotatable bonds is 5. The van der Waals surface area contributed by atoms with Crippen molar-refractivity contribution in [2.45, 2.75) is 0 Å². The Kier molecular flexibility index (Phi) is 4.13. The molecule has 0 aliphatic carbocycles. The number of hydrogen-bond acceptors (Lipinski definition) is 6. The third-order valence-corrected chi connectivity index (χ3v) is 2.79. The third-order valence-electron chi connectivity index (χ3n) is 2.79. The number of carboxylic acids is 1. The average molecular weight is 289 g/mol. The molecule has 1 aromatic carbocycles. The number of methoxy groups -OCH3 is 2. The molecule has 0 aliphatic rings. The van der Waals surface area contributed by atoms with Gasteiger partial charge in [0.2, 0.25) is 0 Å². The molecule has 7 nitrogen and oxygen atoms in total. The van der Waals surface area contributed by atoms with Crippen LogP contribution in [0.1, 0.15) is 10.4 Å². The first kappa shape index (κ1) is 14.4. The smallest absolute Gasteiger partial charge is 0.337 e. The number of hydrogen-bond donors (Lipinski definition) is 3. The van der Waals surface area contributed by atoms with Crippen molar-refractivity contribution in [3.8, 4) is 11.5 Å². The number of nitrogens with zero attached hydrogens (tertiary/aromatic N) is 1. The number of pyridine rings is 1. The van der Waals surface area contributed by atoms with E-state index in [1.807, 2.05) is 0 Å². The second kappa shape index (κ2) is 6.00. The highest BCUT2D eigenvalue weighted by atomic mass is 16.5. The summed E-state index contributed by atoms with van der Waals surface area (Å²) in [6, 6.07) is 6.57. The second-order valence-corrected chi connectivity index (χ2v) is 4.19. The molecular formula is C14H15N3O4. The summed E-state index contributed by atoms with van der Waals surface area (Å²) in [5.41, 5.74) is 6.31. The van der Waals surface area contributed by atoms with Crippen molar-refractivity contribution >= 4 is 23.2 Å². The number of anilines is 3. The summed E-state index contributed by atoms with van der Waals surface area (Å²) in [6.45, 7) is 0. The quantitative estimate of drug-likeness (QED) is 0.773. The predicted molar refractivity (Wildman–Crippen MR) is 78.4 cm³/mol. The van der Waals surface area contributed by atoms with Crippen molar-refractivity contribution in [3.05, 3.63) is 36.0 Å². The Labute approximate surface area is 121 Å². The Balaban J connectivity index is 2.33. The number of nitrogens with two attached hydrogens (primary N) is 1. The zero-order chi connectivity index (χ0) is 15.4. The lowest BCUT2D eigenvalue weighted by molar-refractivity contribution is 0.0698. The molecule has 0 aliphatic heterocycles. The van der Waals surface area contributed by atoms with E-state index < -0.39 is 5.97 Å². The molecule has 7 heteroatoms. The van der Waals surface area contributed by atoms with Crippen LogP contribution in [0.25, 0.3) is 0 Å². The topological polar surface area (TPSA) is 107 Å². The van der Waals surface area contributed by atoms with Crippen molar-refractivity contribution in [2.24, 2.45) is 0 Å². The van der Waals surface area contributed by atoms with E-state index in [1.54, 1.807) is 32.4 Å². The second-order valence-electron chi connectivity index (χ2n) is 4.19. The zero-order valence-electron chi connectivity index (χ0n) is 11.6. The van der Waals surface area contributed by atoms with Crippen LogP contribution in [0, 0.1) is 0 Å². The minimum Gasteiger partial charge on any atom is -0.497 e.